The van der Waals surface area contributed by atoms with Crippen molar-refractivity contribution >= 4 is 17.6 Å². The van der Waals surface area contributed by atoms with Crippen LogP contribution in [0, 0.1) is 0 Å². The Bertz CT molecular complexity index is 525. The zero-order chi connectivity index (χ0) is 13.0. The fourth-order valence-electron chi connectivity index (χ4n) is 1.57. The van der Waals surface area contributed by atoms with E-state index in [0.717, 1.165) is 29.2 Å². The highest BCUT2D eigenvalue weighted by molar-refractivity contribution is 7.99. The highest BCUT2D eigenvalue weighted by atomic mass is 32.2. The maximum Gasteiger partial charge on any atom is 0.215 e. The Morgan fingerprint density at radius 3 is 2.83 bits per heavy atom. The van der Waals surface area contributed by atoms with Crippen LogP contribution in [0.5, 0.6) is 0 Å². The van der Waals surface area contributed by atoms with Gasteiger partial charge < -0.3 is 5.32 Å². The second-order valence-electron chi connectivity index (χ2n) is 3.69. The molecule has 1 N–H and O–H groups in total. The van der Waals surface area contributed by atoms with Crippen LogP contribution in [-0.4, -0.2) is 37.2 Å². The molecular formula is C10H15N7S. The fourth-order valence-corrected chi connectivity index (χ4v) is 2.41. The second kappa shape index (κ2) is 5.76. The SMILES string of the molecule is CCCc1c(NC)ncnc1Sc1nnnn1C. The first-order chi connectivity index (χ1) is 8.76. The van der Waals surface area contributed by atoms with E-state index < -0.39 is 0 Å². The first kappa shape index (κ1) is 12.7. The average Bonchev–Trinajstić information content (AvgIpc) is 2.77. The third-order valence-electron chi connectivity index (χ3n) is 2.41. The van der Waals surface area contributed by atoms with Crippen LogP contribution < -0.4 is 5.32 Å². The molecule has 0 bridgehead atoms. The van der Waals surface area contributed by atoms with Gasteiger partial charge in [-0.25, -0.2) is 14.6 Å². The zero-order valence-electron chi connectivity index (χ0n) is 10.6. The molecule has 2 aromatic heterocycles. The number of nitrogens with one attached hydrogen (secondary N) is 1. The molecule has 18 heavy (non-hydrogen) atoms. The number of hydrogen-bond donors (Lipinski definition) is 1. The third kappa shape index (κ3) is 2.58. The molecular weight excluding hydrogens is 250 g/mol. The molecule has 0 aromatic carbocycles. The minimum atomic E-state index is 0.716. The number of anilines is 1. The molecule has 0 unspecified atom stereocenters. The highest BCUT2D eigenvalue weighted by Crippen LogP contribution is 2.29. The van der Waals surface area contributed by atoms with Crippen molar-refractivity contribution in [1.29, 1.82) is 0 Å². The van der Waals surface area contributed by atoms with E-state index in [1.807, 2.05) is 14.1 Å². The molecule has 0 aliphatic carbocycles. The van der Waals surface area contributed by atoms with Crippen molar-refractivity contribution in [3.05, 3.63) is 11.9 Å². The minimum absolute atomic E-state index is 0.716. The Balaban J connectivity index is 2.34. The predicted octanol–water partition coefficient (Wildman–Crippen LogP) is 1.15. The van der Waals surface area contributed by atoms with Gasteiger partial charge in [-0.2, -0.15) is 0 Å². The quantitative estimate of drug-likeness (QED) is 0.812. The van der Waals surface area contributed by atoms with E-state index in [4.69, 9.17) is 0 Å². The summed E-state index contributed by atoms with van der Waals surface area (Å²) in [7, 11) is 3.67. The Labute approximate surface area is 109 Å². The molecule has 0 aliphatic rings. The van der Waals surface area contributed by atoms with Crippen molar-refractivity contribution in [3.8, 4) is 0 Å². The first-order valence-corrected chi connectivity index (χ1v) is 6.49. The van der Waals surface area contributed by atoms with E-state index in [-0.39, 0.29) is 0 Å². The molecule has 8 heteroatoms. The van der Waals surface area contributed by atoms with E-state index in [1.165, 1.54) is 11.8 Å². The van der Waals surface area contributed by atoms with Crippen LogP contribution in [0.2, 0.25) is 0 Å². The van der Waals surface area contributed by atoms with Crippen molar-refractivity contribution < 1.29 is 0 Å². The van der Waals surface area contributed by atoms with Crippen LogP contribution >= 0.6 is 11.8 Å². The van der Waals surface area contributed by atoms with Gasteiger partial charge in [-0.05, 0) is 28.6 Å². The molecule has 0 saturated heterocycles. The van der Waals surface area contributed by atoms with Crippen molar-refractivity contribution in [2.75, 3.05) is 12.4 Å². The van der Waals surface area contributed by atoms with Crippen molar-refractivity contribution in [2.24, 2.45) is 7.05 Å². The molecule has 7 nitrogen and oxygen atoms in total. The lowest BCUT2D eigenvalue weighted by Crippen LogP contribution is -2.03. The summed E-state index contributed by atoms with van der Waals surface area (Å²) in [6.45, 7) is 2.13. The van der Waals surface area contributed by atoms with Gasteiger partial charge >= 0.3 is 0 Å². The summed E-state index contributed by atoms with van der Waals surface area (Å²) in [5.41, 5.74) is 1.11. The lowest BCUT2D eigenvalue weighted by atomic mass is 10.2. The third-order valence-corrected chi connectivity index (χ3v) is 3.49. The average molecular weight is 265 g/mol. The molecule has 96 valence electrons. The molecule has 0 saturated carbocycles. The Hall–Kier alpha value is -1.70. The monoisotopic (exact) mass is 265 g/mol. The number of aromatic nitrogens is 6. The standard InChI is InChI=1S/C10H15N7S/c1-4-5-7-8(11-2)12-6-13-9(7)18-10-14-15-16-17(10)3/h6H,4-5H2,1-3H3,(H,11,12,13). The maximum atomic E-state index is 4.32. The molecule has 2 rings (SSSR count). The van der Waals surface area contributed by atoms with Gasteiger partial charge in [0.1, 0.15) is 17.2 Å². The van der Waals surface area contributed by atoms with Crippen LogP contribution in [0.1, 0.15) is 18.9 Å². The van der Waals surface area contributed by atoms with Crippen LogP contribution in [-0.2, 0) is 13.5 Å². The second-order valence-corrected chi connectivity index (χ2v) is 4.65. The van der Waals surface area contributed by atoms with E-state index in [0.29, 0.717) is 5.16 Å². The normalized spacial score (nSPS) is 10.6. The van der Waals surface area contributed by atoms with Crippen LogP contribution in [0.15, 0.2) is 16.5 Å². The maximum absolute atomic E-state index is 4.32. The van der Waals surface area contributed by atoms with Gasteiger partial charge in [-0.3, -0.25) is 0 Å². The summed E-state index contributed by atoms with van der Waals surface area (Å²) in [5.74, 6) is 0.865. The van der Waals surface area contributed by atoms with Gasteiger partial charge in [0, 0.05) is 19.7 Å². The van der Waals surface area contributed by atoms with Crippen molar-refractivity contribution in [2.45, 2.75) is 29.9 Å². The smallest absolute Gasteiger partial charge is 0.215 e. The van der Waals surface area contributed by atoms with Crippen LogP contribution in [0.4, 0.5) is 5.82 Å². The summed E-state index contributed by atoms with van der Waals surface area (Å²) in [6, 6.07) is 0. The number of hydrogen-bond acceptors (Lipinski definition) is 7. The molecule has 0 radical (unpaired) electrons. The van der Waals surface area contributed by atoms with E-state index in [9.17, 15) is 0 Å². The van der Waals surface area contributed by atoms with Gasteiger partial charge in [0.05, 0.1) is 0 Å². The Morgan fingerprint density at radius 2 is 2.22 bits per heavy atom. The summed E-state index contributed by atoms with van der Waals surface area (Å²) >= 11 is 1.45. The van der Waals surface area contributed by atoms with Crippen LogP contribution in [0.3, 0.4) is 0 Å². The molecule has 0 amide bonds. The largest absolute Gasteiger partial charge is 0.373 e. The number of aryl methyl sites for hydroxylation is 1. The topological polar surface area (TPSA) is 81.4 Å². The number of tetrazole rings is 1. The molecule has 0 fully saturated rings. The van der Waals surface area contributed by atoms with Crippen molar-refractivity contribution in [1.82, 2.24) is 30.2 Å². The molecule has 2 aromatic rings. The van der Waals surface area contributed by atoms with Gasteiger partial charge in [-0.1, -0.05) is 13.3 Å². The molecule has 0 atom stereocenters. The van der Waals surface area contributed by atoms with E-state index in [2.05, 4.69) is 37.7 Å². The summed E-state index contributed by atoms with van der Waals surface area (Å²) in [6.07, 6.45) is 3.51. The first-order valence-electron chi connectivity index (χ1n) is 5.68. The lowest BCUT2D eigenvalue weighted by Gasteiger charge is -2.10. The van der Waals surface area contributed by atoms with Gasteiger partial charge in [0.2, 0.25) is 5.16 Å². The fraction of sp³-hybridized carbons (Fsp3) is 0.500. The minimum Gasteiger partial charge on any atom is -0.373 e. The van der Waals surface area contributed by atoms with Gasteiger partial charge in [-0.15, -0.1) is 5.10 Å². The van der Waals surface area contributed by atoms with Gasteiger partial charge in [0.25, 0.3) is 0 Å². The number of rotatable bonds is 5. The summed E-state index contributed by atoms with van der Waals surface area (Å²) in [4.78, 5) is 8.56. The molecule has 0 aliphatic heterocycles. The van der Waals surface area contributed by atoms with Gasteiger partial charge in [0.15, 0.2) is 0 Å². The van der Waals surface area contributed by atoms with E-state index >= 15 is 0 Å². The molecule has 2 heterocycles. The predicted molar refractivity (Wildman–Crippen MR) is 68.5 cm³/mol. The lowest BCUT2D eigenvalue weighted by molar-refractivity contribution is 0.664. The Morgan fingerprint density at radius 1 is 1.39 bits per heavy atom. The molecule has 0 spiro atoms. The van der Waals surface area contributed by atoms with Crippen LogP contribution in [0.25, 0.3) is 0 Å². The summed E-state index contributed by atoms with van der Waals surface area (Å²) < 4.78 is 1.63. The van der Waals surface area contributed by atoms with E-state index in [1.54, 1.807) is 11.0 Å². The highest BCUT2D eigenvalue weighted by Gasteiger charge is 2.14. The Kier molecular flexibility index (Phi) is 4.08. The summed E-state index contributed by atoms with van der Waals surface area (Å²) in [5, 5.41) is 16.1. The number of nitrogens with zero attached hydrogens (tertiary/aromatic N) is 6. The zero-order valence-corrected chi connectivity index (χ0v) is 11.4. The van der Waals surface area contributed by atoms with Crippen molar-refractivity contribution in [3.63, 3.8) is 0 Å².